The predicted molar refractivity (Wildman–Crippen MR) is 106 cm³/mol. The molecule has 0 radical (unpaired) electrons. The van der Waals surface area contributed by atoms with Gasteiger partial charge in [0.05, 0.1) is 17.5 Å². The molecule has 25 heavy (non-hydrogen) atoms. The quantitative estimate of drug-likeness (QED) is 0.386. The monoisotopic (exact) mass is 375 g/mol. The van der Waals surface area contributed by atoms with Crippen molar-refractivity contribution >= 4 is 28.2 Å². The van der Waals surface area contributed by atoms with Crippen LogP contribution in [0.3, 0.4) is 0 Å². The number of hydrogen-bond donors (Lipinski definition) is 1. The van der Waals surface area contributed by atoms with Crippen LogP contribution in [0.1, 0.15) is 12.8 Å². The zero-order valence-electron chi connectivity index (χ0n) is 13.9. The molecule has 0 aliphatic rings. The summed E-state index contributed by atoms with van der Waals surface area (Å²) in [6.07, 6.45) is 1.72. The molecule has 0 bridgehead atoms. The number of benzene rings is 2. The van der Waals surface area contributed by atoms with Gasteiger partial charge in [-0.1, -0.05) is 36.4 Å². The molecule has 0 amide bonds. The number of para-hydroxylation sites is 2. The molecule has 2 rings (SSSR count). The lowest BCUT2D eigenvalue weighted by molar-refractivity contribution is 0.344. The van der Waals surface area contributed by atoms with Crippen LogP contribution >= 0.6 is 12.2 Å². The van der Waals surface area contributed by atoms with Gasteiger partial charge in [0.2, 0.25) is 0 Å². The number of phenols is 1. The number of isothiocyanates is 1. The Balaban J connectivity index is 1.86. The summed E-state index contributed by atoms with van der Waals surface area (Å²) in [5.41, 5.74) is 1.54. The molecule has 0 aromatic heterocycles. The fourth-order valence-electron chi connectivity index (χ4n) is 2.36. The topological polar surface area (TPSA) is 58.9 Å². The minimum Gasteiger partial charge on any atom is -0.507 e. The Bertz CT molecular complexity index is 758. The van der Waals surface area contributed by atoms with Crippen molar-refractivity contribution in [2.24, 2.45) is 4.99 Å². The second-order valence-corrected chi connectivity index (χ2v) is 7.27. The normalized spacial score (nSPS) is 11.5. The number of thiocarbonyl (C=S) groups is 1. The summed E-state index contributed by atoms with van der Waals surface area (Å²) < 4.78 is 17.8. The highest BCUT2D eigenvalue weighted by Crippen LogP contribution is 2.35. The molecule has 0 fully saturated rings. The highest BCUT2D eigenvalue weighted by molar-refractivity contribution is 7.84. The second-order valence-electron chi connectivity index (χ2n) is 5.39. The van der Waals surface area contributed by atoms with Gasteiger partial charge < -0.3 is 9.84 Å². The molecule has 1 unspecified atom stereocenters. The molecule has 0 aliphatic heterocycles. The highest BCUT2D eigenvalue weighted by Gasteiger charge is 2.10. The van der Waals surface area contributed by atoms with Gasteiger partial charge in [-0.3, -0.25) is 4.21 Å². The van der Waals surface area contributed by atoms with E-state index in [0.29, 0.717) is 30.4 Å². The number of rotatable bonds is 10. The zero-order chi connectivity index (χ0) is 17.9. The first-order chi connectivity index (χ1) is 12.2. The van der Waals surface area contributed by atoms with E-state index in [9.17, 15) is 9.32 Å². The minimum atomic E-state index is -0.917. The Morgan fingerprint density at radius 2 is 1.76 bits per heavy atom. The molecule has 0 aliphatic carbocycles. The molecule has 2 aromatic rings. The maximum atomic E-state index is 12.0. The van der Waals surface area contributed by atoms with Crippen LogP contribution in [-0.4, -0.2) is 39.1 Å². The van der Waals surface area contributed by atoms with Crippen LogP contribution in [0, 0.1) is 0 Å². The maximum absolute atomic E-state index is 12.0. The molecule has 0 saturated carbocycles. The van der Waals surface area contributed by atoms with Gasteiger partial charge in [-0.15, -0.1) is 0 Å². The van der Waals surface area contributed by atoms with E-state index in [-0.39, 0.29) is 5.75 Å². The first-order valence-electron chi connectivity index (χ1n) is 8.11. The third-order valence-electron chi connectivity index (χ3n) is 3.61. The fraction of sp³-hybridized carbons (Fsp3) is 0.316. The Kier molecular flexibility index (Phi) is 8.32. The van der Waals surface area contributed by atoms with E-state index in [0.717, 1.165) is 24.0 Å². The third-order valence-corrected chi connectivity index (χ3v) is 5.10. The van der Waals surface area contributed by atoms with Crippen molar-refractivity contribution in [1.82, 2.24) is 0 Å². The van der Waals surface area contributed by atoms with Crippen molar-refractivity contribution in [3.05, 3.63) is 48.5 Å². The number of aromatic hydroxyl groups is 1. The number of aliphatic imine (C=N–C) groups is 1. The van der Waals surface area contributed by atoms with Crippen LogP contribution in [0.15, 0.2) is 53.5 Å². The Labute approximate surface area is 156 Å². The zero-order valence-corrected chi connectivity index (χ0v) is 15.5. The van der Waals surface area contributed by atoms with E-state index in [2.05, 4.69) is 22.4 Å². The van der Waals surface area contributed by atoms with Crippen molar-refractivity contribution in [2.75, 3.05) is 24.7 Å². The molecule has 2 aromatic carbocycles. The fourth-order valence-corrected chi connectivity index (χ4v) is 3.45. The van der Waals surface area contributed by atoms with Crippen molar-refractivity contribution < 1.29 is 14.1 Å². The van der Waals surface area contributed by atoms with Crippen LogP contribution in [0.4, 0.5) is 0 Å². The molecule has 6 heteroatoms. The van der Waals surface area contributed by atoms with Gasteiger partial charge in [-0.25, -0.2) is 4.99 Å². The number of phenolic OH excluding ortho intramolecular Hbond substituents is 1. The van der Waals surface area contributed by atoms with Crippen LogP contribution in [0.5, 0.6) is 11.5 Å². The van der Waals surface area contributed by atoms with E-state index < -0.39 is 10.8 Å². The summed E-state index contributed by atoms with van der Waals surface area (Å²) in [6, 6.07) is 14.7. The van der Waals surface area contributed by atoms with E-state index in [1.165, 1.54) is 0 Å². The molecule has 1 N–H and O–H groups in total. The average molecular weight is 376 g/mol. The molecular weight excluding hydrogens is 354 g/mol. The van der Waals surface area contributed by atoms with Gasteiger partial charge in [0.25, 0.3) is 0 Å². The lowest BCUT2D eigenvalue weighted by atomic mass is 10.0. The van der Waals surface area contributed by atoms with E-state index >= 15 is 0 Å². The lowest BCUT2D eigenvalue weighted by Gasteiger charge is -2.12. The van der Waals surface area contributed by atoms with Crippen molar-refractivity contribution in [1.29, 1.82) is 0 Å². The first-order valence-corrected chi connectivity index (χ1v) is 10.0. The van der Waals surface area contributed by atoms with Gasteiger partial charge in [-0.2, -0.15) is 0 Å². The van der Waals surface area contributed by atoms with E-state index in [4.69, 9.17) is 4.74 Å². The second kappa shape index (κ2) is 10.8. The molecule has 0 saturated heterocycles. The molecule has 4 nitrogen and oxygen atoms in total. The predicted octanol–water partition coefficient (Wildman–Crippen LogP) is 4.07. The third kappa shape index (κ3) is 6.42. The molecule has 0 spiro atoms. The Morgan fingerprint density at radius 1 is 1.04 bits per heavy atom. The average Bonchev–Trinajstić information content (AvgIpc) is 2.62. The van der Waals surface area contributed by atoms with Gasteiger partial charge in [0.1, 0.15) is 11.5 Å². The lowest BCUT2D eigenvalue weighted by Crippen LogP contribution is -2.11. The summed E-state index contributed by atoms with van der Waals surface area (Å²) in [5.74, 6) is 2.00. The van der Waals surface area contributed by atoms with Crippen LogP contribution in [-0.2, 0) is 10.8 Å². The van der Waals surface area contributed by atoms with Crippen molar-refractivity contribution in [3.63, 3.8) is 0 Å². The first kappa shape index (κ1) is 19.3. The Hall–Kier alpha value is -2.01. The van der Waals surface area contributed by atoms with Gasteiger partial charge in [-0.05, 0) is 37.2 Å². The maximum Gasteiger partial charge on any atom is 0.127 e. The summed E-state index contributed by atoms with van der Waals surface area (Å²) in [5, 5.41) is 12.4. The number of unbranched alkanes of at least 4 members (excludes halogenated alkanes) is 1. The molecule has 1 atom stereocenters. The largest absolute Gasteiger partial charge is 0.507 e. The van der Waals surface area contributed by atoms with Gasteiger partial charge in [0, 0.05) is 34.2 Å². The number of ether oxygens (including phenoxy) is 1. The number of nitrogens with zero attached hydrogens (tertiary/aromatic N) is 1. The molecule has 0 heterocycles. The van der Waals surface area contributed by atoms with Crippen molar-refractivity contribution in [2.45, 2.75) is 12.8 Å². The van der Waals surface area contributed by atoms with Crippen molar-refractivity contribution in [3.8, 4) is 22.6 Å². The summed E-state index contributed by atoms with van der Waals surface area (Å²) in [6.45, 7) is 1.01. The van der Waals surface area contributed by atoms with Crippen LogP contribution in [0.2, 0.25) is 0 Å². The highest BCUT2D eigenvalue weighted by atomic mass is 32.2. The SMILES string of the molecule is O=S(CCCCN=C=S)CCOc1ccccc1-c1ccccc1O. The molecular formula is C19H21NO3S2. The summed E-state index contributed by atoms with van der Waals surface area (Å²) in [4.78, 5) is 3.84. The van der Waals surface area contributed by atoms with E-state index in [1.54, 1.807) is 12.1 Å². The summed E-state index contributed by atoms with van der Waals surface area (Å²) in [7, 11) is -0.917. The van der Waals surface area contributed by atoms with E-state index in [1.807, 2.05) is 36.4 Å². The smallest absolute Gasteiger partial charge is 0.127 e. The van der Waals surface area contributed by atoms with Gasteiger partial charge >= 0.3 is 0 Å². The summed E-state index contributed by atoms with van der Waals surface area (Å²) >= 11 is 4.50. The molecule has 132 valence electrons. The van der Waals surface area contributed by atoms with Crippen LogP contribution in [0.25, 0.3) is 11.1 Å². The Morgan fingerprint density at radius 3 is 2.52 bits per heavy atom. The minimum absolute atomic E-state index is 0.209. The number of hydrogen-bond acceptors (Lipinski definition) is 5. The van der Waals surface area contributed by atoms with Crippen LogP contribution < -0.4 is 4.74 Å². The standard InChI is InChI=1S/C19H21NO3S2/c21-18-9-3-1-7-16(18)17-8-2-4-10-19(17)23-12-14-25(22)13-6-5-11-20-15-24/h1-4,7-10,21H,5-6,11-14H2. The van der Waals surface area contributed by atoms with Gasteiger partial charge in [0.15, 0.2) is 0 Å².